The van der Waals surface area contributed by atoms with E-state index in [-0.39, 0.29) is 6.61 Å². The quantitative estimate of drug-likeness (QED) is 0.550. The summed E-state index contributed by atoms with van der Waals surface area (Å²) in [7, 11) is 3.69. The van der Waals surface area contributed by atoms with Gasteiger partial charge in [-0.3, -0.25) is 0 Å². The van der Waals surface area contributed by atoms with Gasteiger partial charge in [-0.25, -0.2) is 4.39 Å². The molecule has 0 unspecified atom stereocenters. The molecule has 0 spiro atoms. The highest BCUT2D eigenvalue weighted by Crippen LogP contribution is 2.30. The van der Waals surface area contributed by atoms with Crippen LogP contribution < -0.4 is 9.47 Å². The molecule has 0 radical (unpaired) electrons. The minimum absolute atomic E-state index is 0.0245. The number of hydrogen-bond donors (Lipinski definition) is 0. The summed E-state index contributed by atoms with van der Waals surface area (Å²) in [6.07, 6.45) is 1.72. The SMILES string of the molecule is CCOc1cc(/C=N/N(C)C)ccc1OCc1c(F)cccc1Cl. The summed E-state index contributed by atoms with van der Waals surface area (Å²) >= 11 is 6.02. The Morgan fingerprint density at radius 3 is 2.62 bits per heavy atom. The van der Waals surface area contributed by atoms with Gasteiger partial charge in [0.15, 0.2) is 11.5 Å². The van der Waals surface area contributed by atoms with Gasteiger partial charge in [0, 0.05) is 19.7 Å². The number of halogens is 2. The van der Waals surface area contributed by atoms with Crippen molar-refractivity contribution in [3.63, 3.8) is 0 Å². The number of nitrogens with zero attached hydrogens (tertiary/aromatic N) is 2. The fourth-order valence-corrected chi connectivity index (χ4v) is 2.21. The lowest BCUT2D eigenvalue weighted by atomic mass is 10.2. The molecule has 0 N–H and O–H groups in total. The van der Waals surface area contributed by atoms with Crippen LogP contribution in [-0.2, 0) is 6.61 Å². The third kappa shape index (κ3) is 4.86. The van der Waals surface area contributed by atoms with Crippen LogP contribution in [0.15, 0.2) is 41.5 Å². The predicted molar refractivity (Wildman–Crippen MR) is 94.6 cm³/mol. The first kappa shape index (κ1) is 18.1. The summed E-state index contributed by atoms with van der Waals surface area (Å²) in [4.78, 5) is 0. The number of hydrazone groups is 1. The van der Waals surface area contributed by atoms with Crippen molar-refractivity contribution in [3.8, 4) is 11.5 Å². The predicted octanol–water partition coefficient (Wildman–Crippen LogP) is 4.35. The van der Waals surface area contributed by atoms with E-state index in [0.717, 1.165) is 5.56 Å². The highest BCUT2D eigenvalue weighted by molar-refractivity contribution is 6.31. The van der Waals surface area contributed by atoms with Gasteiger partial charge in [0.1, 0.15) is 12.4 Å². The second-order valence-electron chi connectivity index (χ2n) is 5.22. The Morgan fingerprint density at radius 2 is 1.96 bits per heavy atom. The average molecular weight is 351 g/mol. The van der Waals surface area contributed by atoms with E-state index in [4.69, 9.17) is 21.1 Å². The molecule has 128 valence electrons. The Kier molecular flexibility index (Phi) is 6.44. The molecule has 4 nitrogen and oxygen atoms in total. The largest absolute Gasteiger partial charge is 0.490 e. The second-order valence-corrected chi connectivity index (χ2v) is 5.63. The fraction of sp³-hybridized carbons (Fsp3) is 0.278. The van der Waals surface area contributed by atoms with Crippen molar-refractivity contribution in [2.24, 2.45) is 5.10 Å². The molecule has 6 heteroatoms. The zero-order chi connectivity index (χ0) is 17.5. The van der Waals surface area contributed by atoms with Gasteiger partial charge in [0.05, 0.1) is 17.8 Å². The molecule has 0 aliphatic rings. The minimum atomic E-state index is -0.393. The lowest BCUT2D eigenvalue weighted by Gasteiger charge is -2.13. The van der Waals surface area contributed by atoms with Gasteiger partial charge in [-0.1, -0.05) is 17.7 Å². The molecule has 0 heterocycles. The van der Waals surface area contributed by atoms with Gasteiger partial charge < -0.3 is 14.5 Å². The molecule has 0 bridgehead atoms. The topological polar surface area (TPSA) is 34.1 Å². The average Bonchev–Trinajstić information content (AvgIpc) is 2.54. The number of ether oxygens (including phenoxy) is 2. The number of hydrogen-bond acceptors (Lipinski definition) is 4. The molecule has 0 aliphatic carbocycles. The summed E-state index contributed by atoms with van der Waals surface area (Å²) in [6, 6.07) is 10.0. The Labute approximate surface area is 146 Å². The van der Waals surface area contributed by atoms with Crippen molar-refractivity contribution in [1.29, 1.82) is 0 Å². The van der Waals surface area contributed by atoms with E-state index in [0.29, 0.717) is 28.7 Å². The highest BCUT2D eigenvalue weighted by atomic mass is 35.5. The third-order valence-electron chi connectivity index (χ3n) is 3.14. The zero-order valence-electron chi connectivity index (χ0n) is 13.9. The van der Waals surface area contributed by atoms with E-state index in [9.17, 15) is 4.39 Å². The molecule has 0 atom stereocenters. The Hall–Kier alpha value is -2.27. The van der Waals surface area contributed by atoms with Crippen LogP contribution in [-0.4, -0.2) is 31.9 Å². The molecule has 0 saturated heterocycles. The Balaban J connectivity index is 2.20. The van der Waals surface area contributed by atoms with Gasteiger partial charge in [0.25, 0.3) is 0 Å². The van der Waals surface area contributed by atoms with Gasteiger partial charge in [-0.2, -0.15) is 5.10 Å². The molecule has 2 rings (SSSR count). The van der Waals surface area contributed by atoms with Crippen LogP contribution in [0.5, 0.6) is 11.5 Å². The second kappa shape index (κ2) is 8.55. The van der Waals surface area contributed by atoms with E-state index in [2.05, 4.69) is 5.10 Å². The van der Waals surface area contributed by atoms with Crippen LogP contribution in [0.25, 0.3) is 0 Å². The maximum Gasteiger partial charge on any atom is 0.161 e. The lowest BCUT2D eigenvalue weighted by Crippen LogP contribution is -2.04. The third-order valence-corrected chi connectivity index (χ3v) is 3.49. The van der Waals surface area contributed by atoms with E-state index >= 15 is 0 Å². The Bertz CT molecular complexity index is 700. The zero-order valence-corrected chi connectivity index (χ0v) is 14.7. The van der Waals surface area contributed by atoms with Gasteiger partial charge in [-0.15, -0.1) is 0 Å². The summed E-state index contributed by atoms with van der Waals surface area (Å²) in [5.74, 6) is 0.709. The maximum absolute atomic E-state index is 13.8. The summed E-state index contributed by atoms with van der Waals surface area (Å²) in [6.45, 7) is 2.40. The fourth-order valence-electron chi connectivity index (χ4n) is 1.99. The molecular formula is C18H20ClFN2O2. The van der Waals surface area contributed by atoms with E-state index in [1.807, 2.05) is 33.2 Å². The monoisotopic (exact) mass is 350 g/mol. The first-order valence-electron chi connectivity index (χ1n) is 7.55. The molecule has 0 saturated carbocycles. The molecule has 24 heavy (non-hydrogen) atoms. The molecule has 2 aromatic rings. The molecule has 0 fully saturated rings. The smallest absolute Gasteiger partial charge is 0.161 e. The first-order valence-corrected chi connectivity index (χ1v) is 7.93. The van der Waals surface area contributed by atoms with Crippen LogP contribution in [0.4, 0.5) is 4.39 Å². The van der Waals surface area contributed by atoms with Crippen molar-refractivity contribution in [2.75, 3.05) is 20.7 Å². The Morgan fingerprint density at radius 1 is 1.17 bits per heavy atom. The normalized spacial score (nSPS) is 10.9. The van der Waals surface area contributed by atoms with E-state index in [1.165, 1.54) is 6.07 Å². The van der Waals surface area contributed by atoms with Crippen molar-refractivity contribution < 1.29 is 13.9 Å². The van der Waals surface area contributed by atoms with Crippen LogP contribution >= 0.6 is 11.6 Å². The first-order chi connectivity index (χ1) is 11.5. The van der Waals surface area contributed by atoms with E-state index in [1.54, 1.807) is 29.4 Å². The van der Waals surface area contributed by atoms with Crippen molar-refractivity contribution in [2.45, 2.75) is 13.5 Å². The van der Waals surface area contributed by atoms with Crippen molar-refractivity contribution in [3.05, 3.63) is 58.4 Å². The van der Waals surface area contributed by atoms with Crippen LogP contribution in [0, 0.1) is 5.82 Å². The van der Waals surface area contributed by atoms with Crippen LogP contribution in [0.3, 0.4) is 0 Å². The van der Waals surface area contributed by atoms with Crippen molar-refractivity contribution >= 4 is 17.8 Å². The number of benzene rings is 2. The van der Waals surface area contributed by atoms with Crippen LogP contribution in [0.2, 0.25) is 5.02 Å². The summed E-state index contributed by atoms with van der Waals surface area (Å²) in [5.41, 5.74) is 1.20. The molecular weight excluding hydrogens is 331 g/mol. The van der Waals surface area contributed by atoms with Crippen LogP contribution in [0.1, 0.15) is 18.1 Å². The maximum atomic E-state index is 13.8. The van der Waals surface area contributed by atoms with E-state index < -0.39 is 5.82 Å². The number of rotatable bonds is 7. The molecule has 0 amide bonds. The van der Waals surface area contributed by atoms with Crippen molar-refractivity contribution in [1.82, 2.24) is 5.01 Å². The highest BCUT2D eigenvalue weighted by Gasteiger charge is 2.11. The molecule has 0 aromatic heterocycles. The summed E-state index contributed by atoms with van der Waals surface area (Å²) < 4.78 is 25.1. The lowest BCUT2D eigenvalue weighted by molar-refractivity contribution is 0.266. The van der Waals surface area contributed by atoms with Gasteiger partial charge in [-0.05, 0) is 42.8 Å². The minimum Gasteiger partial charge on any atom is -0.490 e. The van der Waals surface area contributed by atoms with Gasteiger partial charge in [0.2, 0.25) is 0 Å². The standard InChI is InChI=1S/C18H20ClFN2O2/c1-4-23-18-10-13(11-21-22(2)3)8-9-17(18)24-12-14-15(19)6-5-7-16(14)20/h5-11H,4,12H2,1-3H3/b21-11+. The summed E-state index contributed by atoms with van der Waals surface area (Å²) in [5, 5.41) is 6.22. The van der Waals surface area contributed by atoms with Gasteiger partial charge >= 0.3 is 0 Å². The molecule has 2 aromatic carbocycles. The molecule has 0 aliphatic heterocycles.